The van der Waals surface area contributed by atoms with Crippen molar-refractivity contribution in [3.05, 3.63) is 71.6 Å². The van der Waals surface area contributed by atoms with E-state index < -0.39 is 0 Å². The number of thiazole rings is 1. The number of benzene rings is 2. The van der Waals surface area contributed by atoms with Crippen LogP contribution < -0.4 is 5.32 Å². The van der Waals surface area contributed by atoms with Gasteiger partial charge in [-0.1, -0.05) is 36.0 Å². The van der Waals surface area contributed by atoms with Crippen molar-refractivity contribution in [1.29, 1.82) is 0 Å². The molecule has 0 bridgehead atoms. The van der Waals surface area contributed by atoms with Crippen molar-refractivity contribution < 1.29 is 4.79 Å². The Morgan fingerprint density at radius 2 is 1.90 bits per heavy atom. The van der Waals surface area contributed by atoms with Crippen LogP contribution in [0.4, 0.5) is 5.69 Å². The molecule has 2 aromatic carbocycles. The zero-order valence-electron chi connectivity index (χ0n) is 15.4. The maximum Gasteiger partial charge on any atom is 0.256 e. The molecule has 0 aliphatic heterocycles. The molecule has 0 spiro atoms. The maximum atomic E-state index is 13.2. The molecule has 7 heteroatoms. The highest BCUT2D eigenvalue weighted by molar-refractivity contribution is 8.00. The van der Waals surface area contributed by atoms with Crippen LogP contribution >= 0.6 is 34.4 Å². The highest BCUT2D eigenvalue weighted by Crippen LogP contribution is 2.31. The van der Waals surface area contributed by atoms with Crippen LogP contribution in [-0.2, 0) is 0 Å². The molecule has 1 N–H and O–H groups in total. The van der Waals surface area contributed by atoms with E-state index in [1.807, 2.05) is 72.3 Å². The lowest BCUT2D eigenvalue weighted by molar-refractivity contribution is 0.102. The van der Waals surface area contributed by atoms with Crippen LogP contribution in [0.3, 0.4) is 0 Å². The Kier molecular flexibility index (Phi) is 4.79. The minimum atomic E-state index is -0.143. The lowest BCUT2D eigenvalue weighted by Crippen LogP contribution is -2.13. The predicted molar refractivity (Wildman–Crippen MR) is 124 cm³/mol. The van der Waals surface area contributed by atoms with E-state index >= 15 is 0 Å². The number of nitrogens with one attached hydrogen (secondary N) is 1. The molecular weight excluding hydrogens is 418 g/mol. The number of carbonyl (C=O) groups excluding carboxylic acids is 1. The number of thiophene rings is 1. The van der Waals surface area contributed by atoms with Crippen molar-refractivity contribution >= 4 is 67.1 Å². The second-order valence-electron chi connectivity index (χ2n) is 6.37. The predicted octanol–water partition coefficient (Wildman–Crippen LogP) is 6.55. The SMILES string of the molecule is CSc1nc2ccc(NC(=O)c3cc(-c4cccs4)nc4ccccc34)cc2s1. The summed E-state index contributed by atoms with van der Waals surface area (Å²) in [5.74, 6) is -0.143. The third kappa shape index (κ3) is 3.53. The summed E-state index contributed by atoms with van der Waals surface area (Å²) in [7, 11) is 0. The van der Waals surface area contributed by atoms with Crippen LogP contribution in [0.5, 0.6) is 0 Å². The molecule has 1 amide bonds. The second kappa shape index (κ2) is 7.59. The Morgan fingerprint density at radius 3 is 2.72 bits per heavy atom. The zero-order valence-corrected chi connectivity index (χ0v) is 17.8. The summed E-state index contributed by atoms with van der Waals surface area (Å²) in [6.45, 7) is 0. The van der Waals surface area contributed by atoms with E-state index in [0.29, 0.717) is 5.56 Å². The van der Waals surface area contributed by atoms with Gasteiger partial charge in [-0.25, -0.2) is 9.97 Å². The third-order valence-electron chi connectivity index (χ3n) is 4.54. The summed E-state index contributed by atoms with van der Waals surface area (Å²) in [6, 6.07) is 19.5. The van der Waals surface area contributed by atoms with Crippen LogP contribution in [0.2, 0.25) is 0 Å². The number of thioether (sulfide) groups is 1. The Bertz CT molecular complexity index is 1340. The first-order valence-electron chi connectivity index (χ1n) is 8.91. The van der Waals surface area contributed by atoms with Gasteiger partial charge < -0.3 is 5.32 Å². The third-order valence-corrected chi connectivity index (χ3v) is 7.43. The molecule has 0 saturated carbocycles. The summed E-state index contributed by atoms with van der Waals surface area (Å²) in [4.78, 5) is 23.5. The number of rotatable bonds is 4. The molecule has 0 saturated heterocycles. The number of hydrogen-bond acceptors (Lipinski definition) is 6. The Labute approximate surface area is 179 Å². The number of nitrogens with zero attached hydrogens (tertiary/aromatic N) is 2. The van der Waals surface area contributed by atoms with E-state index in [1.54, 1.807) is 34.4 Å². The van der Waals surface area contributed by atoms with Crippen molar-refractivity contribution in [3.63, 3.8) is 0 Å². The molecule has 0 unspecified atom stereocenters. The van der Waals surface area contributed by atoms with E-state index in [0.717, 1.165) is 41.7 Å². The molecule has 3 aromatic heterocycles. The van der Waals surface area contributed by atoms with Gasteiger partial charge in [0.15, 0.2) is 4.34 Å². The monoisotopic (exact) mass is 433 g/mol. The molecule has 4 nitrogen and oxygen atoms in total. The number of hydrogen-bond donors (Lipinski definition) is 1. The van der Waals surface area contributed by atoms with E-state index in [4.69, 9.17) is 4.98 Å². The van der Waals surface area contributed by atoms with Crippen LogP contribution in [0.25, 0.3) is 31.7 Å². The molecule has 0 aliphatic rings. The lowest BCUT2D eigenvalue weighted by atomic mass is 10.1. The zero-order chi connectivity index (χ0) is 19.8. The average Bonchev–Trinajstić information content (AvgIpc) is 3.42. The molecule has 3 heterocycles. The quantitative estimate of drug-likeness (QED) is 0.327. The molecule has 0 radical (unpaired) electrons. The van der Waals surface area contributed by atoms with Gasteiger partial charge in [-0.3, -0.25) is 4.79 Å². The standard InChI is InChI=1S/C22H15N3OS3/c1-27-22-25-17-9-8-13(11-20(17)29-22)23-21(26)15-12-18(19-7-4-10-28-19)24-16-6-3-2-5-14(15)16/h2-12H,1H3,(H,23,26). The molecular formula is C22H15N3OS3. The Morgan fingerprint density at radius 1 is 1.00 bits per heavy atom. The number of anilines is 1. The summed E-state index contributed by atoms with van der Waals surface area (Å²) >= 11 is 4.87. The number of aromatic nitrogens is 2. The number of fused-ring (bicyclic) bond motifs is 2. The van der Waals surface area contributed by atoms with Crippen molar-refractivity contribution in [2.24, 2.45) is 0 Å². The fourth-order valence-electron chi connectivity index (χ4n) is 3.18. The van der Waals surface area contributed by atoms with Crippen molar-refractivity contribution in [2.45, 2.75) is 4.34 Å². The molecule has 0 fully saturated rings. The smallest absolute Gasteiger partial charge is 0.256 e. The number of amides is 1. The van der Waals surface area contributed by atoms with Crippen LogP contribution in [0, 0.1) is 0 Å². The Balaban J connectivity index is 1.55. The first kappa shape index (κ1) is 18.3. The first-order chi connectivity index (χ1) is 14.2. The average molecular weight is 434 g/mol. The molecule has 0 atom stereocenters. The van der Waals surface area contributed by atoms with E-state index in [2.05, 4.69) is 10.3 Å². The van der Waals surface area contributed by atoms with Crippen LogP contribution in [-0.4, -0.2) is 22.1 Å². The van der Waals surface area contributed by atoms with Gasteiger partial charge in [-0.05, 0) is 48.0 Å². The van der Waals surface area contributed by atoms with Gasteiger partial charge in [-0.15, -0.1) is 22.7 Å². The molecule has 29 heavy (non-hydrogen) atoms. The summed E-state index contributed by atoms with van der Waals surface area (Å²) in [5.41, 5.74) is 3.95. The van der Waals surface area contributed by atoms with E-state index in [-0.39, 0.29) is 5.91 Å². The topological polar surface area (TPSA) is 54.9 Å². The van der Waals surface area contributed by atoms with Gasteiger partial charge in [0.05, 0.1) is 31.9 Å². The van der Waals surface area contributed by atoms with Crippen molar-refractivity contribution in [2.75, 3.05) is 11.6 Å². The van der Waals surface area contributed by atoms with E-state index in [9.17, 15) is 4.79 Å². The molecule has 142 valence electrons. The van der Waals surface area contributed by atoms with Gasteiger partial charge >= 0.3 is 0 Å². The fourth-order valence-corrected chi connectivity index (χ4v) is 5.40. The highest BCUT2D eigenvalue weighted by atomic mass is 32.2. The first-order valence-corrected chi connectivity index (χ1v) is 11.8. The minimum Gasteiger partial charge on any atom is -0.322 e. The van der Waals surface area contributed by atoms with Gasteiger partial charge in [0, 0.05) is 11.1 Å². The molecule has 5 aromatic rings. The number of para-hydroxylation sites is 1. The van der Waals surface area contributed by atoms with Crippen LogP contribution in [0.1, 0.15) is 10.4 Å². The van der Waals surface area contributed by atoms with Crippen molar-refractivity contribution in [1.82, 2.24) is 9.97 Å². The summed E-state index contributed by atoms with van der Waals surface area (Å²) < 4.78 is 2.08. The molecule has 0 aliphatic carbocycles. The summed E-state index contributed by atoms with van der Waals surface area (Å²) in [5, 5.41) is 5.91. The Hall–Kier alpha value is -2.74. The minimum absolute atomic E-state index is 0.143. The van der Waals surface area contributed by atoms with E-state index in [1.165, 1.54) is 0 Å². The highest BCUT2D eigenvalue weighted by Gasteiger charge is 2.15. The fraction of sp³-hybridized carbons (Fsp3) is 0.0455. The maximum absolute atomic E-state index is 13.2. The normalized spacial score (nSPS) is 11.2. The van der Waals surface area contributed by atoms with Gasteiger partial charge in [-0.2, -0.15) is 0 Å². The number of pyridine rings is 1. The van der Waals surface area contributed by atoms with Gasteiger partial charge in [0.25, 0.3) is 5.91 Å². The summed E-state index contributed by atoms with van der Waals surface area (Å²) in [6.07, 6.45) is 2.01. The van der Waals surface area contributed by atoms with Gasteiger partial charge in [0.2, 0.25) is 0 Å². The lowest BCUT2D eigenvalue weighted by Gasteiger charge is -2.10. The van der Waals surface area contributed by atoms with Crippen molar-refractivity contribution in [3.8, 4) is 10.6 Å². The van der Waals surface area contributed by atoms with Crippen LogP contribution in [0.15, 0.2) is 70.4 Å². The largest absolute Gasteiger partial charge is 0.322 e. The van der Waals surface area contributed by atoms with Gasteiger partial charge in [0.1, 0.15) is 0 Å². The number of carbonyl (C=O) groups is 1. The molecule has 5 rings (SSSR count). The second-order valence-corrected chi connectivity index (χ2v) is 9.40.